The van der Waals surface area contributed by atoms with Gasteiger partial charge in [-0.25, -0.2) is 13.4 Å². The summed E-state index contributed by atoms with van der Waals surface area (Å²) < 4.78 is 31.6. The van der Waals surface area contributed by atoms with Crippen molar-refractivity contribution >= 4 is 27.3 Å². The molecule has 0 fully saturated rings. The van der Waals surface area contributed by atoms with Gasteiger partial charge in [0, 0.05) is 0 Å². The van der Waals surface area contributed by atoms with Gasteiger partial charge in [-0.15, -0.1) is 0 Å². The third kappa shape index (κ3) is 2.94. The van der Waals surface area contributed by atoms with E-state index in [0.29, 0.717) is 0 Å². The Bertz CT molecular complexity index is 691. The van der Waals surface area contributed by atoms with Crippen LogP contribution in [0.25, 0.3) is 0 Å². The van der Waals surface area contributed by atoms with Gasteiger partial charge in [0.05, 0.1) is 18.3 Å². The Kier molecular flexibility index (Phi) is 3.87. The van der Waals surface area contributed by atoms with Gasteiger partial charge in [-0.05, 0) is 12.1 Å². The van der Waals surface area contributed by atoms with Crippen molar-refractivity contribution in [3.63, 3.8) is 0 Å². The summed E-state index contributed by atoms with van der Waals surface area (Å²) in [6.45, 7) is 0. The van der Waals surface area contributed by atoms with Crippen molar-refractivity contribution in [1.82, 2.24) is 9.97 Å². The number of benzene rings is 1. The number of aromatic nitrogens is 2. The van der Waals surface area contributed by atoms with Gasteiger partial charge in [-0.2, -0.15) is 4.98 Å². The highest BCUT2D eigenvalue weighted by molar-refractivity contribution is 7.92. The molecule has 0 unspecified atom stereocenters. The van der Waals surface area contributed by atoms with E-state index in [-0.39, 0.29) is 21.5 Å². The normalized spacial score (nSPS) is 11.1. The number of hydrogen-bond acceptors (Lipinski definition) is 5. The van der Waals surface area contributed by atoms with Crippen molar-refractivity contribution in [1.29, 1.82) is 0 Å². The first-order valence-electron chi connectivity index (χ1n) is 5.16. The molecule has 8 heteroatoms. The molecule has 2 rings (SSSR count). The molecule has 0 atom stereocenters. The van der Waals surface area contributed by atoms with E-state index in [1.807, 2.05) is 0 Å². The van der Waals surface area contributed by atoms with Crippen LogP contribution in [0.1, 0.15) is 0 Å². The lowest BCUT2D eigenvalue weighted by atomic mass is 10.4. The number of ether oxygens (including phenoxy) is 1. The van der Waals surface area contributed by atoms with Crippen molar-refractivity contribution in [3.8, 4) is 5.88 Å². The maximum Gasteiger partial charge on any atom is 0.263 e. The molecule has 6 nitrogen and oxygen atoms in total. The van der Waals surface area contributed by atoms with E-state index in [1.54, 1.807) is 12.1 Å². The molecule has 0 radical (unpaired) electrons. The van der Waals surface area contributed by atoms with Crippen LogP contribution in [-0.4, -0.2) is 25.5 Å². The minimum Gasteiger partial charge on any atom is -0.479 e. The number of halogens is 1. The Morgan fingerprint density at radius 3 is 2.74 bits per heavy atom. The fourth-order valence-corrected chi connectivity index (χ4v) is 2.98. The van der Waals surface area contributed by atoms with Gasteiger partial charge in [0.25, 0.3) is 10.0 Å². The van der Waals surface area contributed by atoms with Crippen molar-refractivity contribution in [2.75, 3.05) is 11.8 Å². The zero-order valence-electron chi connectivity index (χ0n) is 9.87. The van der Waals surface area contributed by atoms with Crippen LogP contribution in [-0.2, 0) is 10.0 Å². The van der Waals surface area contributed by atoms with E-state index >= 15 is 0 Å². The quantitative estimate of drug-likeness (QED) is 0.933. The number of nitrogens with one attached hydrogen (secondary N) is 1. The van der Waals surface area contributed by atoms with E-state index in [0.717, 1.165) is 0 Å². The summed E-state index contributed by atoms with van der Waals surface area (Å²) in [6.07, 6.45) is 2.56. The van der Waals surface area contributed by atoms with Gasteiger partial charge in [-0.1, -0.05) is 23.7 Å². The second kappa shape index (κ2) is 5.41. The van der Waals surface area contributed by atoms with Crippen LogP contribution in [0.4, 0.5) is 5.69 Å². The predicted molar refractivity (Wildman–Crippen MR) is 70.8 cm³/mol. The van der Waals surface area contributed by atoms with Crippen molar-refractivity contribution < 1.29 is 13.2 Å². The monoisotopic (exact) mass is 299 g/mol. The molecule has 1 heterocycles. The summed E-state index contributed by atoms with van der Waals surface area (Å²) in [4.78, 5) is 7.52. The molecule has 0 aliphatic carbocycles. The highest BCUT2D eigenvalue weighted by Crippen LogP contribution is 2.26. The molecule has 1 aromatic carbocycles. The first kappa shape index (κ1) is 13.6. The number of anilines is 1. The summed E-state index contributed by atoms with van der Waals surface area (Å²) >= 11 is 5.87. The highest BCUT2D eigenvalue weighted by Gasteiger charge is 2.19. The van der Waals surface area contributed by atoms with Crippen molar-refractivity contribution in [3.05, 3.63) is 41.8 Å². The van der Waals surface area contributed by atoms with Crippen LogP contribution in [0.3, 0.4) is 0 Å². The standard InChI is InChI=1S/C11H10ClN3O3S/c1-18-11-9(6-13-7-14-11)15-19(16,17)10-5-3-2-4-8(10)12/h2-7,15H,1H3. The van der Waals surface area contributed by atoms with E-state index < -0.39 is 10.0 Å². The minimum atomic E-state index is -3.82. The summed E-state index contributed by atoms with van der Waals surface area (Å²) in [5.41, 5.74) is 0.143. The average Bonchev–Trinajstić information content (AvgIpc) is 2.39. The smallest absolute Gasteiger partial charge is 0.263 e. The molecule has 0 saturated carbocycles. The summed E-state index contributed by atoms with van der Waals surface area (Å²) in [5.74, 6) is 0.130. The molecule has 0 aliphatic heterocycles. The van der Waals surface area contributed by atoms with E-state index in [1.165, 1.54) is 31.8 Å². The molecule has 0 spiro atoms. The molecular weight excluding hydrogens is 290 g/mol. The van der Waals surface area contributed by atoms with E-state index in [9.17, 15) is 8.42 Å². The lowest BCUT2D eigenvalue weighted by Crippen LogP contribution is -2.14. The minimum absolute atomic E-state index is 0.0254. The first-order valence-corrected chi connectivity index (χ1v) is 7.02. The molecular formula is C11H10ClN3O3S. The molecule has 19 heavy (non-hydrogen) atoms. The van der Waals surface area contributed by atoms with Gasteiger partial charge in [-0.3, -0.25) is 4.72 Å². The first-order chi connectivity index (χ1) is 9.04. The molecule has 0 aliphatic rings. The van der Waals surface area contributed by atoms with Crippen molar-refractivity contribution in [2.24, 2.45) is 0 Å². The second-order valence-corrected chi connectivity index (χ2v) is 5.54. The van der Waals surface area contributed by atoms with Gasteiger partial charge in [0.15, 0.2) is 0 Å². The topological polar surface area (TPSA) is 81.2 Å². The van der Waals surface area contributed by atoms with Gasteiger partial charge in [0.1, 0.15) is 16.9 Å². The van der Waals surface area contributed by atoms with Gasteiger partial charge < -0.3 is 4.74 Å². The third-order valence-electron chi connectivity index (χ3n) is 2.24. The number of rotatable bonds is 4. The average molecular weight is 300 g/mol. The maximum absolute atomic E-state index is 12.2. The van der Waals surface area contributed by atoms with Crippen LogP contribution in [0.15, 0.2) is 41.7 Å². The Hall–Kier alpha value is -1.86. The number of hydrogen-bond donors (Lipinski definition) is 1. The van der Waals surface area contributed by atoms with E-state index in [2.05, 4.69) is 14.7 Å². The Balaban J connectivity index is 2.40. The fraction of sp³-hybridized carbons (Fsp3) is 0.0909. The Labute approximate surface area is 115 Å². The molecule has 100 valence electrons. The Morgan fingerprint density at radius 2 is 2.05 bits per heavy atom. The maximum atomic E-state index is 12.2. The fourth-order valence-electron chi connectivity index (χ4n) is 1.41. The predicted octanol–water partition coefficient (Wildman–Crippen LogP) is 1.94. The van der Waals surface area contributed by atoms with Crippen LogP contribution in [0.5, 0.6) is 5.88 Å². The Morgan fingerprint density at radius 1 is 1.32 bits per heavy atom. The van der Waals surface area contributed by atoms with Crippen LogP contribution in [0.2, 0.25) is 5.02 Å². The van der Waals surface area contributed by atoms with Gasteiger partial charge in [0.2, 0.25) is 5.88 Å². The van der Waals surface area contributed by atoms with E-state index in [4.69, 9.17) is 16.3 Å². The molecule has 2 aromatic rings. The lowest BCUT2D eigenvalue weighted by molar-refractivity contribution is 0.399. The molecule has 0 bridgehead atoms. The summed E-state index contributed by atoms with van der Waals surface area (Å²) in [5, 5.41) is 0.130. The second-order valence-electron chi connectivity index (χ2n) is 3.48. The zero-order chi connectivity index (χ0) is 13.9. The van der Waals surface area contributed by atoms with Crippen LogP contribution < -0.4 is 9.46 Å². The zero-order valence-corrected chi connectivity index (χ0v) is 11.4. The molecule has 1 N–H and O–H groups in total. The largest absolute Gasteiger partial charge is 0.479 e. The summed E-state index contributed by atoms with van der Waals surface area (Å²) in [7, 11) is -2.43. The number of methoxy groups -OCH3 is 1. The number of nitrogens with zero attached hydrogens (tertiary/aromatic N) is 2. The number of sulfonamides is 1. The van der Waals surface area contributed by atoms with Crippen LogP contribution in [0, 0.1) is 0 Å². The lowest BCUT2D eigenvalue weighted by Gasteiger charge is -2.10. The highest BCUT2D eigenvalue weighted by atomic mass is 35.5. The van der Waals surface area contributed by atoms with Crippen molar-refractivity contribution in [2.45, 2.75) is 4.90 Å². The van der Waals surface area contributed by atoms with Gasteiger partial charge >= 0.3 is 0 Å². The van der Waals surface area contributed by atoms with Crippen LogP contribution >= 0.6 is 11.6 Å². The third-order valence-corrected chi connectivity index (χ3v) is 4.10. The molecule has 1 aromatic heterocycles. The SMILES string of the molecule is COc1ncncc1NS(=O)(=O)c1ccccc1Cl. The molecule has 0 amide bonds. The summed E-state index contributed by atoms with van der Waals surface area (Å²) in [6, 6.07) is 6.13. The molecule has 0 saturated heterocycles.